The molecule has 0 aliphatic heterocycles. The van der Waals surface area contributed by atoms with Crippen LogP contribution in [0.25, 0.3) is 0 Å². The third-order valence-electron chi connectivity index (χ3n) is 5.02. The minimum Gasteiger partial charge on any atom is -0.348 e. The summed E-state index contributed by atoms with van der Waals surface area (Å²) < 4.78 is 15.2. The highest BCUT2D eigenvalue weighted by Gasteiger charge is 2.21. The number of rotatable bonds is 5. The molecule has 1 heterocycles. The van der Waals surface area contributed by atoms with Gasteiger partial charge in [-0.25, -0.2) is 4.39 Å². The standard InChI is InChI=1S/C22H21FN4O2/c23-19-10-4-3-9-18(19)22(29)25-16-12-24-27(13-16)14-21(28)26-20-11-5-7-15-6-1-2-8-17(15)20/h1-4,6,8-10,12-13,20H,5,7,11,14H2,(H,25,29)(H,26,28). The smallest absolute Gasteiger partial charge is 0.258 e. The molecular weight excluding hydrogens is 371 g/mol. The van der Waals surface area contributed by atoms with E-state index in [0.717, 1.165) is 19.3 Å². The number of hydrogen-bond donors (Lipinski definition) is 2. The second-order valence-electron chi connectivity index (χ2n) is 7.07. The Morgan fingerprint density at radius 1 is 1.14 bits per heavy atom. The molecule has 1 aliphatic carbocycles. The van der Waals surface area contributed by atoms with E-state index in [1.54, 1.807) is 12.3 Å². The van der Waals surface area contributed by atoms with Crippen molar-refractivity contribution in [3.63, 3.8) is 0 Å². The van der Waals surface area contributed by atoms with Crippen molar-refractivity contribution in [1.29, 1.82) is 0 Å². The molecule has 1 unspecified atom stereocenters. The van der Waals surface area contributed by atoms with Gasteiger partial charge in [0, 0.05) is 6.20 Å². The summed E-state index contributed by atoms with van der Waals surface area (Å²) in [6.45, 7) is 0.0359. The van der Waals surface area contributed by atoms with Gasteiger partial charge in [0.2, 0.25) is 5.91 Å². The zero-order valence-electron chi connectivity index (χ0n) is 15.8. The van der Waals surface area contributed by atoms with Crippen LogP contribution in [0.4, 0.5) is 10.1 Å². The number of benzene rings is 2. The maximum atomic E-state index is 13.7. The Balaban J connectivity index is 1.36. The lowest BCUT2D eigenvalue weighted by Crippen LogP contribution is -2.33. The van der Waals surface area contributed by atoms with Gasteiger partial charge in [0.25, 0.3) is 5.91 Å². The molecule has 0 saturated heterocycles. The average Bonchev–Trinajstić information content (AvgIpc) is 3.15. The number of carbonyl (C=O) groups is 2. The van der Waals surface area contributed by atoms with Crippen molar-refractivity contribution in [2.75, 3.05) is 5.32 Å². The largest absolute Gasteiger partial charge is 0.348 e. The van der Waals surface area contributed by atoms with Crippen molar-refractivity contribution >= 4 is 17.5 Å². The molecule has 7 heteroatoms. The number of aryl methyl sites for hydroxylation is 1. The molecular formula is C22H21FN4O2. The number of amides is 2. The number of fused-ring (bicyclic) bond motifs is 1. The van der Waals surface area contributed by atoms with Crippen LogP contribution in [0, 0.1) is 5.82 Å². The first-order valence-corrected chi connectivity index (χ1v) is 9.55. The summed E-state index contributed by atoms with van der Waals surface area (Å²) in [5.41, 5.74) is 2.80. The molecule has 1 aliphatic rings. The molecule has 29 heavy (non-hydrogen) atoms. The summed E-state index contributed by atoms with van der Waals surface area (Å²) in [5, 5.41) is 9.77. The maximum absolute atomic E-state index is 13.7. The normalized spacial score (nSPS) is 15.4. The van der Waals surface area contributed by atoms with Crippen LogP contribution in [0.15, 0.2) is 60.9 Å². The van der Waals surface area contributed by atoms with E-state index < -0.39 is 11.7 Å². The number of halogens is 1. The Morgan fingerprint density at radius 2 is 1.93 bits per heavy atom. The predicted molar refractivity (Wildman–Crippen MR) is 107 cm³/mol. The molecule has 4 rings (SSSR count). The van der Waals surface area contributed by atoms with Crippen molar-refractivity contribution < 1.29 is 14.0 Å². The van der Waals surface area contributed by atoms with E-state index in [9.17, 15) is 14.0 Å². The molecule has 0 radical (unpaired) electrons. The lowest BCUT2D eigenvalue weighted by molar-refractivity contribution is -0.122. The first-order chi connectivity index (χ1) is 14.1. The average molecular weight is 392 g/mol. The highest BCUT2D eigenvalue weighted by molar-refractivity contribution is 6.04. The number of hydrogen-bond acceptors (Lipinski definition) is 3. The van der Waals surface area contributed by atoms with Crippen LogP contribution in [-0.4, -0.2) is 21.6 Å². The van der Waals surface area contributed by atoms with Gasteiger partial charge in [-0.1, -0.05) is 36.4 Å². The van der Waals surface area contributed by atoms with Gasteiger partial charge in [-0.2, -0.15) is 5.10 Å². The molecule has 0 spiro atoms. The minimum atomic E-state index is -0.593. The third-order valence-corrected chi connectivity index (χ3v) is 5.02. The molecule has 0 saturated carbocycles. The first-order valence-electron chi connectivity index (χ1n) is 9.55. The van der Waals surface area contributed by atoms with Crippen LogP contribution in [0.2, 0.25) is 0 Å². The quantitative estimate of drug-likeness (QED) is 0.698. The van der Waals surface area contributed by atoms with E-state index in [-0.39, 0.29) is 24.1 Å². The lowest BCUT2D eigenvalue weighted by atomic mass is 9.88. The van der Waals surface area contributed by atoms with Crippen molar-refractivity contribution in [3.8, 4) is 0 Å². The van der Waals surface area contributed by atoms with Gasteiger partial charge in [-0.05, 0) is 42.5 Å². The van der Waals surface area contributed by atoms with Crippen molar-refractivity contribution in [2.24, 2.45) is 0 Å². The second kappa shape index (κ2) is 8.26. The second-order valence-corrected chi connectivity index (χ2v) is 7.07. The molecule has 6 nitrogen and oxygen atoms in total. The molecule has 3 aromatic rings. The molecule has 0 fully saturated rings. The van der Waals surface area contributed by atoms with Gasteiger partial charge >= 0.3 is 0 Å². The summed E-state index contributed by atoms with van der Waals surface area (Å²) in [7, 11) is 0. The van der Waals surface area contributed by atoms with Crippen LogP contribution in [0.3, 0.4) is 0 Å². The molecule has 2 N–H and O–H groups in total. The monoisotopic (exact) mass is 392 g/mol. The first kappa shape index (κ1) is 18.9. The molecule has 2 aromatic carbocycles. The summed E-state index contributed by atoms with van der Waals surface area (Å²) in [4.78, 5) is 24.7. The molecule has 148 valence electrons. The zero-order chi connectivity index (χ0) is 20.2. The predicted octanol–water partition coefficient (Wildman–Crippen LogP) is 3.47. The van der Waals surface area contributed by atoms with E-state index in [0.29, 0.717) is 5.69 Å². The van der Waals surface area contributed by atoms with E-state index in [1.165, 1.54) is 40.2 Å². The Labute approximate surface area is 167 Å². The Hall–Kier alpha value is -3.48. The van der Waals surface area contributed by atoms with Crippen molar-refractivity contribution in [1.82, 2.24) is 15.1 Å². The van der Waals surface area contributed by atoms with E-state index >= 15 is 0 Å². The van der Waals surface area contributed by atoms with Crippen LogP contribution >= 0.6 is 0 Å². The fourth-order valence-corrected chi connectivity index (χ4v) is 3.65. The molecule has 1 aromatic heterocycles. The summed E-state index contributed by atoms with van der Waals surface area (Å²) in [6, 6.07) is 13.9. The van der Waals surface area contributed by atoms with Gasteiger partial charge in [0.05, 0.1) is 23.5 Å². The number of nitrogens with zero attached hydrogens (tertiary/aromatic N) is 2. The van der Waals surface area contributed by atoms with Gasteiger partial charge in [-0.3, -0.25) is 14.3 Å². The summed E-state index contributed by atoms with van der Waals surface area (Å²) >= 11 is 0. The maximum Gasteiger partial charge on any atom is 0.258 e. The van der Waals surface area contributed by atoms with E-state index in [4.69, 9.17) is 0 Å². The highest BCUT2D eigenvalue weighted by Crippen LogP contribution is 2.29. The third kappa shape index (κ3) is 4.34. The van der Waals surface area contributed by atoms with Crippen LogP contribution < -0.4 is 10.6 Å². The van der Waals surface area contributed by atoms with E-state index in [1.807, 2.05) is 12.1 Å². The fourth-order valence-electron chi connectivity index (χ4n) is 3.65. The summed E-state index contributed by atoms with van der Waals surface area (Å²) in [5.74, 6) is -1.31. The van der Waals surface area contributed by atoms with Crippen LogP contribution in [0.1, 0.15) is 40.4 Å². The Morgan fingerprint density at radius 3 is 2.79 bits per heavy atom. The van der Waals surface area contributed by atoms with Gasteiger partial charge in [-0.15, -0.1) is 0 Å². The van der Waals surface area contributed by atoms with Crippen LogP contribution in [0.5, 0.6) is 0 Å². The minimum absolute atomic E-state index is 0.00300. The molecule has 2 amide bonds. The van der Waals surface area contributed by atoms with Crippen LogP contribution in [-0.2, 0) is 17.8 Å². The van der Waals surface area contributed by atoms with Crippen molar-refractivity contribution in [3.05, 3.63) is 83.4 Å². The molecule has 1 atom stereocenters. The topological polar surface area (TPSA) is 76.0 Å². The summed E-state index contributed by atoms with van der Waals surface area (Å²) in [6.07, 6.45) is 5.96. The van der Waals surface area contributed by atoms with Gasteiger partial charge in [0.15, 0.2) is 0 Å². The zero-order valence-corrected chi connectivity index (χ0v) is 15.8. The van der Waals surface area contributed by atoms with Crippen molar-refractivity contribution in [2.45, 2.75) is 31.8 Å². The Bertz CT molecular complexity index is 1050. The fraction of sp³-hybridized carbons (Fsp3) is 0.227. The van der Waals surface area contributed by atoms with E-state index in [2.05, 4.69) is 27.9 Å². The van der Waals surface area contributed by atoms with Gasteiger partial charge in [0.1, 0.15) is 12.4 Å². The molecule has 0 bridgehead atoms. The lowest BCUT2D eigenvalue weighted by Gasteiger charge is -2.26. The number of nitrogens with one attached hydrogen (secondary N) is 2. The number of anilines is 1. The Kier molecular flexibility index (Phi) is 5.37. The number of aromatic nitrogens is 2. The van der Waals surface area contributed by atoms with Gasteiger partial charge < -0.3 is 10.6 Å². The highest BCUT2D eigenvalue weighted by atomic mass is 19.1. The number of carbonyl (C=O) groups excluding carboxylic acids is 2. The SMILES string of the molecule is O=C(Cn1cc(NC(=O)c2ccccc2F)cn1)NC1CCCc2ccccc21.